The molecule has 1 amide bonds. The number of hydrogen-bond donors (Lipinski definition) is 2. The van der Waals surface area contributed by atoms with Crippen LogP contribution in [-0.2, 0) is 48.0 Å². The Labute approximate surface area is 308 Å². The average Bonchev–Trinajstić information content (AvgIpc) is 3.64. The fraction of sp³-hybridized carbons (Fsp3) is 0.543. The van der Waals surface area contributed by atoms with Gasteiger partial charge < -0.3 is 34.1 Å². The molecule has 1 fully saturated rings. The van der Waals surface area contributed by atoms with E-state index in [9.17, 15) is 23.7 Å². The number of nitrogen functional groups attached to an aromatic ring is 1. The Hall–Kier alpha value is -4.57. The van der Waals surface area contributed by atoms with Crippen molar-refractivity contribution in [3.8, 4) is 5.75 Å². The van der Waals surface area contributed by atoms with Crippen molar-refractivity contribution >= 4 is 42.9 Å². The number of aromatic nitrogens is 3. The van der Waals surface area contributed by atoms with Gasteiger partial charge in [0.2, 0.25) is 5.60 Å². The maximum Gasteiger partial charge on any atom is 0.459 e. The van der Waals surface area contributed by atoms with Crippen molar-refractivity contribution in [2.24, 2.45) is 11.8 Å². The maximum atomic E-state index is 14.6. The number of hydrogen-bond acceptors (Lipinski definition) is 14. The smallest absolute Gasteiger partial charge is 0.459 e. The van der Waals surface area contributed by atoms with Crippen molar-refractivity contribution in [3.05, 3.63) is 54.0 Å². The molecule has 53 heavy (non-hydrogen) atoms. The molecule has 0 spiro atoms. The molecule has 1 aliphatic rings. The third-order valence-corrected chi connectivity index (χ3v) is 9.90. The summed E-state index contributed by atoms with van der Waals surface area (Å²) in [5.41, 5.74) is 3.64. The van der Waals surface area contributed by atoms with Crippen molar-refractivity contribution in [2.75, 3.05) is 33.0 Å². The standard InChI is InChI=1S/C35H49N6O11P/c1-20(2)30(43)50-33-34(8,47-18-35(33,51-31(44)21(3)4)27-16-15-26-28(36)37-19-38-41(26)27)17-48-53(46,39-23(7)32(45)49-22(5)6)52-25-13-11-24(12-14-25)29(42)40(9)10/h11-16,19-23,33H,17-18H2,1-10H3,(H,39,46)(H2,36,37,38)/t23-,33+,34+,35?,53?/m0/s1. The zero-order valence-electron chi connectivity index (χ0n) is 31.6. The van der Waals surface area contributed by atoms with Crippen LogP contribution >= 0.6 is 7.75 Å². The first kappa shape index (κ1) is 41.2. The molecule has 1 aromatic carbocycles. The van der Waals surface area contributed by atoms with E-state index >= 15 is 0 Å². The van der Waals surface area contributed by atoms with Crippen LogP contribution in [-0.4, -0.2) is 94.5 Å². The number of fused-ring (bicyclic) bond motifs is 1. The number of esters is 3. The van der Waals surface area contributed by atoms with Crippen LogP contribution in [0.4, 0.5) is 5.82 Å². The average molecular weight is 761 g/mol. The molecular weight excluding hydrogens is 711 g/mol. The van der Waals surface area contributed by atoms with Gasteiger partial charge in [0.05, 0.1) is 36.8 Å². The van der Waals surface area contributed by atoms with Crippen LogP contribution in [0.25, 0.3) is 5.52 Å². The van der Waals surface area contributed by atoms with E-state index in [1.165, 1.54) is 53.9 Å². The monoisotopic (exact) mass is 760 g/mol. The second kappa shape index (κ2) is 16.2. The second-order valence-electron chi connectivity index (χ2n) is 14.1. The fourth-order valence-electron chi connectivity index (χ4n) is 5.40. The summed E-state index contributed by atoms with van der Waals surface area (Å²) in [7, 11) is -1.32. The second-order valence-corrected chi connectivity index (χ2v) is 15.8. The van der Waals surface area contributed by atoms with E-state index < -0.39 is 73.5 Å². The van der Waals surface area contributed by atoms with Gasteiger partial charge in [-0.15, -0.1) is 0 Å². The van der Waals surface area contributed by atoms with Gasteiger partial charge in [0.25, 0.3) is 5.91 Å². The number of rotatable bonds is 15. The minimum absolute atomic E-state index is 0.0398. The fourth-order valence-corrected chi connectivity index (χ4v) is 6.99. The molecule has 3 heterocycles. The van der Waals surface area contributed by atoms with Crippen molar-refractivity contribution in [2.45, 2.75) is 84.8 Å². The Kier molecular flexibility index (Phi) is 12.6. The minimum Gasteiger partial charge on any atom is -0.462 e. The van der Waals surface area contributed by atoms with Crippen LogP contribution in [0.5, 0.6) is 5.75 Å². The van der Waals surface area contributed by atoms with E-state index in [0.717, 1.165) is 0 Å². The summed E-state index contributed by atoms with van der Waals surface area (Å²) >= 11 is 0. The van der Waals surface area contributed by atoms with Gasteiger partial charge in [-0.25, -0.2) is 14.1 Å². The third-order valence-electron chi connectivity index (χ3n) is 8.28. The highest BCUT2D eigenvalue weighted by molar-refractivity contribution is 7.52. The number of nitrogens with two attached hydrogens (primary N) is 1. The van der Waals surface area contributed by atoms with Gasteiger partial charge in [0.15, 0.2) is 11.9 Å². The molecular formula is C35H49N6O11P. The van der Waals surface area contributed by atoms with Gasteiger partial charge in [0, 0.05) is 19.7 Å². The first-order chi connectivity index (χ1) is 24.7. The number of amides is 1. The van der Waals surface area contributed by atoms with Gasteiger partial charge in [0.1, 0.15) is 29.2 Å². The molecule has 0 radical (unpaired) electrons. The largest absolute Gasteiger partial charge is 0.462 e. The SMILES string of the molecule is CC(C)OC(=O)[C@H](C)NP(=O)(OC[C@@]1(C)OCC(OC(=O)C(C)C)(c2ccc3c(N)ncnn23)[C@@H]1OC(=O)C(C)C)Oc1ccc(C(=O)N(C)C)cc1. The lowest BCUT2D eigenvalue weighted by Gasteiger charge is -2.38. The van der Waals surface area contributed by atoms with E-state index in [2.05, 4.69) is 15.2 Å². The molecule has 0 bridgehead atoms. The predicted molar refractivity (Wildman–Crippen MR) is 192 cm³/mol. The summed E-state index contributed by atoms with van der Waals surface area (Å²) in [4.78, 5) is 57.5. The van der Waals surface area contributed by atoms with Gasteiger partial charge in [-0.1, -0.05) is 27.7 Å². The number of nitrogens with zero attached hydrogens (tertiary/aromatic N) is 4. The zero-order valence-corrected chi connectivity index (χ0v) is 32.5. The Bertz CT molecular complexity index is 1860. The van der Waals surface area contributed by atoms with Gasteiger partial charge >= 0.3 is 25.7 Å². The van der Waals surface area contributed by atoms with Crippen molar-refractivity contribution in [3.63, 3.8) is 0 Å². The normalized spacial score (nSPS) is 21.7. The van der Waals surface area contributed by atoms with Gasteiger partial charge in [-0.2, -0.15) is 10.2 Å². The zero-order chi connectivity index (χ0) is 39.5. The molecule has 5 atom stereocenters. The lowest BCUT2D eigenvalue weighted by molar-refractivity contribution is -0.193. The van der Waals surface area contributed by atoms with Gasteiger partial charge in [-0.05, 0) is 64.1 Å². The van der Waals surface area contributed by atoms with E-state index in [0.29, 0.717) is 11.1 Å². The predicted octanol–water partition coefficient (Wildman–Crippen LogP) is 3.90. The Morgan fingerprint density at radius 2 is 1.64 bits per heavy atom. The molecule has 2 unspecified atom stereocenters. The molecule has 1 saturated heterocycles. The van der Waals surface area contributed by atoms with E-state index in [4.69, 9.17) is 33.7 Å². The molecule has 0 saturated carbocycles. The highest BCUT2D eigenvalue weighted by Gasteiger charge is 2.64. The molecule has 18 heteroatoms. The van der Waals surface area contributed by atoms with Gasteiger partial charge in [-0.3, -0.25) is 23.7 Å². The maximum absolute atomic E-state index is 14.6. The van der Waals surface area contributed by atoms with E-state index in [-0.39, 0.29) is 29.8 Å². The molecule has 1 aliphatic heterocycles. The molecule has 3 N–H and O–H groups in total. The van der Waals surface area contributed by atoms with Crippen molar-refractivity contribution in [1.29, 1.82) is 0 Å². The van der Waals surface area contributed by atoms with Crippen LogP contribution in [0.1, 0.15) is 71.4 Å². The topological polar surface area (TPSA) is 212 Å². The Morgan fingerprint density at radius 1 is 1.00 bits per heavy atom. The summed E-state index contributed by atoms with van der Waals surface area (Å²) in [5, 5.41) is 6.95. The highest BCUT2D eigenvalue weighted by Crippen LogP contribution is 2.51. The lowest BCUT2D eigenvalue weighted by atomic mass is 9.85. The molecule has 0 aliphatic carbocycles. The summed E-state index contributed by atoms with van der Waals surface area (Å²) < 4.78 is 51.9. The van der Waals surface area contributed by atoms with Crippen molar-refractivity contribution in [1.82, 2.24) is 24.6 Å². The lowest BCUT2D eigenvalue weighted by Crippen LogP contribution is -2.55. The molecule has 2 aromatic heterocycles. The van der Waals surface area contributed by atoms with Crippen LogP contribution in [0.3, 0.4) is 0 Å². The summed E-state index contributed by atoms with van der Waals surface area (Å²) in [6.07, 6.45) is -0.663. The quantitative estimate of drug-likeness (QED) is 0.128. The minimum atomic E-state index is -4.53. The number of benzene rings is 1. The molecule has 290 valence electrons. The first-order valence-corrected chi connectivity index (χ1v) is 18.7. The number of carbonyl (C=O) groups excluding carboxylic acids is 4. The molecule has 17 nitrogen and oxygen atoms in total. The summed E-state index contributed by atoms with van der Waals surface area (Å²) in [6, 6.07) is 7.87. The molecule has 3 aromatic rings. The van der Waals surface area contributed by atoms with E-state index in [1.54, 1.807) is 67.8 Å². The van der Waals surface area contributed by atoms with Crippen LogP contribution in [0.2, 0.25) is 0 Å². The third kappa shape index (κ3) is 9.15. The Balaban J connectivity index is 1.78. The van der Waals surface area contributed by atoms with Crippen LogP contribution in [0.15, 0.2) is 42.7 Å². The number of nitrogens with one attached hydrogen (secondary N) is 1. The summed E-state index contributed by atoms with van der Waals surface area (Å²) in [5.74, 6) is -3.32. The van der Waals surface area contributed by atoms with E-state index in [1.807, 2.05) is 0 Å². The molecule has 4 rings (SSSR count). The highest BCUT2D eigenvalue weighted by atomic mass is 31.2. The number of carbonyl (C=O) groups is 4. The first-order valence-electron chi connectivity index (χ1n) is 17.1. The summed E-state index contributed by atoms with van der Waals surface area (Å²) in [6.45, 7) is 11.9. The van der Waals surface area contributed by atoms with Crippen LogP contribution < -0.4 is 15.3 Å². The Morgan fingerprint density at radius 3 is 2.23 bits per heavy atom. The number of anilines is 1. The van der Waals surface area contributed by atoms with Crippen LogP contribution in [0, 0.1) is 11.8 Å². The van der Waals surface area contributed by atoms with Crippen molar-refractivity contribution < 1.29 is 51.7 Å². The number of ether oxygens (including phenoxy) is 4.